The normalized spacial score (nSPS) is 11.2. The molecule has 3 N–H and O–H groups in total. The van der Waals surface area contributed by atoms with E-state index in [1.54, 1.807) is 11.6 Å². The average Bonchev–Trinajstić information content (AvgIpc) is 3.24. The van der Waals surface area contributed by atoms with Crippen LogP contribution in [0, 0.1) is 11.6 Å². The quantitative estimate of drug-likeness (QED) is 0.485. The van der Waals surface area contributed by atoms with Crippen LogP contribution in [0.5, 0.6) is 0 Å². The van der Waals surface area contributed by atoms with E-state index in [-0.39, 0.29) is 29.2 Å². The van der Waals surface area contributed by atoms with Gasteiger partial charge in [0.25, 0.3) is 5.56 Å². The standard InChI is InChI=1S/C20H18F2N6OS/c1-2-7-28-18-16(27-17(20(28)29)19-24-6-8-30-19)14(23)9-15(26-18)25-10-11-12(21)4-3-5-13(11)22/h3-6,8-9H,2,7,10H2,1H3,(H3,23,25,26). The van der Waals surface area contributed by atoms with E-state index in [1.807, 2.05) is 6.92 Å². The molecule has 0 spiro atoms. The number of nitrogens with one attached hydrogen (secondary N) is 1. The first kappa shape index (κ1) is 19.9. The largest absolute Gasteiger partial charge is 0.397 e. The summed E-state index contributed by atoms with van der Waals surface area (Å²) in [5, 5.41) is 5.15. The third kappa shape index (κ3) is 3.61. The number of fused-ring (bicyclic) bond motifs is 1. The summed E-state index contributed by atoms with van der Waals surface area (Å²) >= 11 is 1.31. The number of aryl methyl sites for hydroxylation is 1. The molecule has 154 valence electrons. The summed E-state index contributed by atoms with van der Waals surface area (Å²) in [7, 11) is 0. The number of aromatic nitrogens is 4. The highest BCUT2D eigenvalue weighted by Crippen LogP contribution is 2.25. The van der Waals surface area contributed by atoms with E-state index in [9.17, 15) is 13.6 Å². The van der Waals surface area contributed by atoms with Crippen LogP contribution in [-0.4, -0.2) is 19.5 Å². The lowest BCUT2D eigenvalue weighted by Gasteiger charge is -2.14. The molecule has 0 aliphatic heterocycles. The number of hydrogen-bond acceptors (Lipinski definition) is 7. The molecule has 0 radical (unpaired) electrons. The molecule has 4 rings (SSSR count). The molecule has 10 heteroatoms. The zero-order chi connectivity index (χ0) is 21.3. The molecule has 0 unspecified atom stereocenters. The predicted octanol–water partition coefficient (Wildman–Crippen LogP) is 3.80. The number of rotatable bonds is 6. The van der Waals surface area contributed by atoms with E-state index in [1.165, 1.54) is 40.2 Å². The Balaban J connectivity index is 1.80. The summed E-state index contributed by atoms with van der Waals surface area (Å²) < 4.78 is 29.3. The molecule has 0 saturated carbocycles. The van der Waals surface area contributed by atoms with Crippen LogP contribution in [0.3, 0.4) is 0 Å². The number of pyridine rings is 1. The number of nitrogens with two attached hydrogens (primary N) is 1. The molecule has 1 aromatic carbocycles. The van der Waals surface area contributed by atoms with Gasteiger partial charge in [0.2, 0.25) is 0 Å². The van der Waals surface area contributed by atoms with Crippen LogP contribution < -0.4 is 16.6 Å². The first-order chi connectivity index (χ1) is 14.5. The van der Waals surface area contributed by atoms with Gasteiger partial charge in [-0.05, 0) is 18.6 Å². The van der Waals surface area contributed by atoms with Gasteiger partial charge in [-0.2, -0.15) is 0 Å². The second-order valence-electron chi connectivity index (χ2n) is 6.58. The van der Waals surface area contributed by atoms with Crippen molar-refractivity contribution in [2.24, 2.45) is 0 Å². The smallest absolute Gasteiger partial charge is 0.281 e. The maximum Gasteiger partial charge on any atom is 0.281 e. The van der Waals surface area contributed by atoms with Crippen molar-refractivity contribution in [3.63, 3.8) is 0 Å². The van der Waals surface area contributed by atoms with Crippen molar-refractivity contribution in [2.45, 2.75) is 26.4 Å². The number of hydrogen-bond donors (Lipinski definition) is 2. The van der Waals surface area contributed by atoms with Crippen LogP contribution in [-0.2, 0) is 13.1 Å². The fraction of sp³-hybridized carbons (Fsp3) is 0.200. The Morgan fingerprint density at radius 2 is 2.00 bits per heavy atom. The van der Waals surface area contributed by atoms with Gasteiger partial charge in [0, 0.05) is 36.3 Å². The molecular weight excluding hydrogens is 410 g/mol. The molecule has 0 fully saturated rings. The molecule has 0 saturated heterocycles. The second-order valence-corrected chi connectivity index (χ2v) is 7.47. The summed E-state index contributed by atoms with van der Waals surface area (Å²) in [6.07, 6.45) is 2.29. The molecule has 0 bridgehead atoms. The highest BCUT2D eigenvalue weighted by Gasteiger charge is 2.18. The van der Waals surface area contributed by atoms with Gasteiger partial charge in [-0.3, -0.25) is 9.36 Å². The lowest BCUT2D eigenvalue weighted by molar-refractivity contribution is 0.560. The minimum atomic E-state index is -0.658. The van der Waals surface area contributed by atoms with E-state index < -0.39 is 11.6 Å². The first-order valence-electron chi connectivity index (χ1n) is 9.27. The highest BCUT2D eigenvalue weighted by molar-refractivity contribution is 7.13. The van der Waals surface area contributed by atoms with E-state index in [0.29, 0.717) is 34.8 Å². The minimum Gasteiger partial charge on any atom is -0.397 e. The van der Waals surface area contributed by atoms with Crippen molar-refractivity contribution in [2.75, 3.05) is 11.1 Å². The molecule has 30 heavy (non-hydrogen) atoms. The SMILES string of the molecule is CCCn1c(=O)c(-c2nccs2)nc2c(N)cc(NCc3c(F)cccc3F)nc21. The lowest BCUT2D eigenvalue weighted by Crippen LogP contribution is -2.25. The van der Waals surface area contributed by atoms with E-state index >= 15 is 0 Å². The Bertz CT molecular complexity index is 1250. The number of nitrogens with zero attached hydrogens (tertiary/aromatic N) is 4. The maximum atomic E-state index is 13.9. The first-order valence-corrected chi connectivity index (χ1v) is 10.1. The van der Waals surface area contributed by atoms with E-state index in [0.717, 1.165) is 0 Å². The van der Waals surface area contributed by atoms with Gasteiger partial charge in [0.1, 0.15) is 28.0 Å². The Labute approximate surface area is 174 Å². The number of nitrogen functional groups attached to an aromatic ring is 1. The van der Waals surface area contributed by atoms with E-state index in [2.05, 4.69) is 20.3 Å². The van der Waals surface area contributed by atoms with Gasteiger partial charge < -0.3 is 11.1 Å². The van der Waals surface area contributed by atoms with Crippen molar-refractivity contribution in [3.8, 4) is 10.7 Å². The second kappa shape index (κ2) is 8.15. The number of halogens is 2. The fourth-order valence-electron chi connectivity index (χ4n) is 3.11. The van der Waals surface area contributed by atoms with Gasteiger partial charge in [-0.25, -0.2) is 23.7 Å². The third-order valence-corrected chi connectivity index (χ3v) is 5.30. The van der Waals surface area contributed by atoms with Crippen molar-refractivity contribution in [1.82, 2.24) is 19.5 Å². The Hall–Kier alpha value is -3.40. The molecule has 0 aliphatic carbocycles. The van der Waals surface area contributed by atoms with Crippen LogP contribution in [0.1, 0.15) is 18.9 Å². The summed E-state index contributed by atoms with van der Waals surface area (Å²) in [6.45, 7) is 2.22. The third-order valence-electron chi connectivity index (χ3n) is 4.52. The average molecular weight is 428 g/mol. The molecule has 7 nitrogen and oxygen atoms in total. The van der Waals surface area contributed by atoms with Crippen LogP contribution >= 0.6 is 11.3 Å². The summed E-state index contributed by atoms with van der Waals surface area (Å²) in [5.41, 5.74) is 6.96. The maximum absolute atomic E-state index is 13.9. The van der Waals surface area contributed by atoms with Gasteiger partial charge in [0.15, 0.2) is 11.3 Å². The molecule has 0 atom stereocenters. The molecule has 0 amide bonds. The van der Waals surface area contributed by atoms with Crippen molar-refractivity contribution in [3.05, 3.63) is 63.4 Å². The highest BCUT2D eigenvalue weighted by atomic mass is 32.1. The van der Waals surface area contributed by atoms with Gasteiger partial charge in [0.05, 0.1) is 5.69 Å². The van der Waals surface area contributed by atoms with Crippen LogP contribution in [0.2, 0.25) is 0 Å². The van der Waals surface area contributed by atoms with E-state index in [4.69, 9.17) is 5.73 Å². The molecule has 4 aromatic rings. The summed E-state index contributed by atoms with van der Waals surface area (Å²) in [4.78, 5) is 26.1. The summed E-state index contributed by atoms with van der Waals surface area (Å²) in [6, 6.07) is 5.20. The van der Waals surface area contributed by atoms with Crippen molar-refractivity contribution >= 4 is 34.0 Å². The zero-order valence-corrected chi connectivity index (χ0v) is 16.8. The number of anilines is 2. The number of benzene rings is 1. The molecule has 0 aliphatic rings. The Kier molecular flexibility index (Phi) is 5.40. The monoisotopic (exact) mass is 428 g/mol. The van der Waals surface area contributed by atoms with Crippen LogP contribution in [0.4, 0.5) is 20.3 Å². The van der Waals surface area contributed by atoms with Gasteiger partial charge in [-0.1, -0.05) is 13.0 Å². The molecular formula is C20H18F2N6OS. The predicted molar refractivity (Wildman–Crippen MR) is 113 cm³/mol. The van der Waals surface area contributed by atoms with Crippen molar-refractivity contribution in [1.29, 1.82) is 0 Å². The molecule has 3 aromatic heterocycles. The van der Waals surface area contributed by atoms with Crippen LogP contribution in [0.25, 0.3) is 21.9 Å². The van der Waals surface area contributed by atoms with Gasteiger partial charge in [-0.15, -0.1) is 11.3 Å². The van der Waals surface area contributed by atoms with Crippen LogP contribution in [0.15, 0.2) is 40.6 Å². The Morgan fingerprint density at radius 3 is 2.67 bits per heavy atom. The zero-order valence-electron chi connectivity index (χ0n) is 16.0. The lowest BCUT2D eigenvalue weighted by atomic mass is 10.2. The number of thiazole rings is 1. The molecule has 3 heterocycles. The topological polar surface area (TPSA) is 98.7 Å². The van der Waals surface area contributed by atoms with Crippen molar-refractivity contribution < 1.29 is 8.78 Å². The minimum absolute atomic E-state index is 0.110. The Morgan fingerprint density at radius 1 is 1.23 bits per heavy atom. The van der Waals surface area contributed by atoms with Gasteiger partial charge >= 0.3 is 0 Å². The summed E-state index contributed by atoms with van der Waals surface area (Å²) in [5.74, 6) is -1.03. The fourth-order valence-corrected chi connectivity index (χ4v) is 3.73.